The Morgan fingerprint density at radius 1 is 1.08 bits per heavy atom. The molecule has 0 bridgehead atoms. The molecule has 0 atom stereocenters. The van der Waals surface area contributed by atoms with Crippen molar-refractivity contribution in [2.45, 2.75) is 31.3 Å². The van der Waals surface area contributed by atoms with Gasteiger partial charge in [-0.3, -0.25) is 14.7 Å². The van der Waals surface area contributed by atoms with Crippen LogP contribution in [0.4, 0.5) is 21.8 Å². The number of hydrogen-bond acceptors (Lipinski definition) is 9. The Balaban J connectivity index is 1.21. The van der Waals surface area contributed by atoms with Gasteiger partial charge in [0.05, 0.1) is 17.7 Å². The van der Waals surface area contributed by atoms with Crippen LogP contribution in [0.1, 0.15) is 40.7 Å². The maximum Gasteiger partial charge on any atom is 0.339 e. The number of carbonyl (C=O) groups is 1. The molecule has 6 rings (SSSR count). The molecule has 2 aromatic rings. The summed E-state index contributed by atoms with van der Waals surface area (Å²) >= 11 is 0. The smallest absolute Gasteiger partial charge is 0.339 e. The molecule has 0 amide bonds. The van der Waals surface area contributed by atoms with Crippen molar-refractivity contribution >= 4 is 23.4 Å². The van der Waals surface area contributed by atoms with Crippen molar-refractivity contribution in [3.63, 3.8) is 0 Å². The molecule has 1 aromatic heterocycles. The number of carbonyl (C=O) groups excluding carboxylic acids is 1. The molecule has 36 heavy (non-hydrogen) atoms. The zero-order valence-corrected chi connectivity index (χ0v) is 20.2. The largest absolute Gasteiger partial charge is 0.450 e. The average molecular weight is 499 g/mol. The number of aliphatic hydroxyl groups excluding tert-OH is 1. The van der Waals surface area contributed by atoms with Crippen LogP contribution in [0.15, 0.2) is 16.9 Å². The zero-order chi connectivity index (χ0) is 24.9. The molecule has 11 heteroatoms. The number of aromatic amines is 1. The Hall–Kier alpha value is -3.18. The van der Waals surface area contributed by atoms with Crippen LogP contribution in [0.25, 0.3) is 0 Å². The summed E-state index contributed by atoms with van der Waals surface area (Å²) < 4.78 is 21.4. The summed E-state index contributed by atoms with van der Waals surface area (Å²) in [5.74, 6) is 0.226. The van der Waals surface area contributed by atoms with E-state index in [0.29, 0.717) is 86.1 Å². The summed E-state index contributed by atoms with van der Waals surface area (Å²) in [5.41, 5.74) is 0.896. The van der Waals surface area contributed by atoms with Crippen LogP contribution in [0.2, 0.25) is 0 Å². The van der Waals surface area contributed by atoms with Crippen LogP contribution < -0.4 is 20.7 Å². The van der Waals surface area contributed by atoms with Crippen LogP contribution in [0.5, 0.6) is 0 Å². The van der Waals surface area contributed by atoms with Crippen molar-refractivity contribution < 1.29 is 19.0 Å². The third kappa shape index (κ3) is 3.90. The predicted octanol–water partition coefficient (Wildman–Crippen LogP) is 1.05. The number of aromatic nitrogens is 2. The Labute approximate surface area is 208 Å². The Morgan fingerprint density at radius 2 is 1.86 bits per heavy atom. The van der Waals surface area contributed by atoms with Crippen molar-refractivity contribution in [2.24, 2.45) is 0 Å². The van der Waals surface area contributed by atoms with Crippen LogP contribution >= 0.6 is 0 Å². The quantitative estimate of drug-likeness (QED) is 0.532. The van der Waals surface area contributed by atoms with Crippen molar-refractivity contribution in [3.8, 4) is 0 Å². The highest BCUT2D eigenvalue weighted by atomic mass is 19.1. The molecule has 2 fully saturated rings. The minimum Gasteiger partial charge on any atom is -0.450 e. The second-order valence-corrected chi connectivity index (χ2v) is 10.0. The highest BCUT2D eigenvalue weighted by molar-refractivity contribution is 5.96. The van der Waals surface area contributed by atoms with E-state index < -0.39 is 17.4 Å². The topological polar surface area (TPSA) is 114 Å². The molecule has 0 aliphatic carbocycles. The number of β-amino-alcohol motifs (C(OH)–C–C–N with tert-alkyl or cyclic N) is 1. The van der Waals surface area contributed by atoms with Gasteiger partial charge in [-0.05, 0) is 25.0 Å². The van der Waals surface area contributed by atoms with Gasteiger partial charge < -0.3 is 25.0 Å². The van der Waals surface area contributed by atoms with Gasteiger partial charge in [0.15, 0.2) is 0 Å². The van der Waals surface area contributed by atoms with Crippen LogP contribution in [-0.2, 0) is 16.8 Å². The molecule has 0 radical (unpaired) electrons. The first kappa shape index (κ1) is 23.2. The molecule has 5 heterocycles. The number of rotatable bonds is 4. The van der Waals surface area contributed by atoms with Gasteiger partial charge in [0.1, 0.15) is 17.2 Å². The number of H-pyrrole nitrogens is 1. The maximum absolute atomic E-state index is 15.6. The molecule has 10 nitrogen and oxygen atoms in total. The van der Waals surface area contributed by atoms with E-state index in [1.807, 2.05) is 4.90 Å². The number of piperazine rings is 1. The number of nitrogens with one attached hydrogen (secondary N) is 2. The molecule has 4 aliphatic rings. The maximum atomic E-state index is 15.6. The normalized spacial score (nSPS) is 21.2. The number of halogens is 1. The van der Waals surface area contributed by atoms with E-state index in [2.05, 4.69) is 25.1 Å². The van der Waals surface area contributed by atoms with Gasteiger partial charge >= 0.3 is 5.97 Å². The van der Waals surface area contributed by atoms with E-state index in [0.717, 1.165) is 26.1 Å². The summed E-state index contributed by atoms with van der Waals surface area (Å²) in [6, 6.07) is 3.28. The number of nitrogens with zero attached hydrogens (tertiary/aromatic N) is 4. The van der Waals surface area contributed by atoms with Gasteiger partial charge in [0.2, 0.25) is 5.95 Å². The predicted molar refractivity (Wildman–Crippen MR) is 132 cm³/mol. The fourth-order valence-corrected chi connectivity index (χ4v) is 5.97. The summed E-state index contributed by atoms with van der Waals surface area (Å²) in [6.07, 6.45) is 2.44. The molecule has 192 valence electrons. The molecule has 4 aliphatic heterocycles. The van der Waals surface area contributed by atoms with Crippen molar-refractivity contribution in [3.05, 3.63) is 45.0 Å². The molecule has 1 aromatic carbocycles. The second-order valence-electron chi connectivity index (χ2n) is 10.0. The zero-order valence-electron chi connectivity index (χ0n) is 20.2. The molecule has 0 unspecified atom stereocenters. The third-order valence-corrected chi connectivity index (χ3v) is 7.96. The summed E-state index contributed by atoms with van der Waals surface area (Å²) in [5, 5.41) is 12.4. The highest BCUT2D eigenvalue weighted by Gasteiger charge is 2.50. The number of benzene rings is 1. The highest BCUT2D eigenvalue weighted by Crippen LogP contribution is 2.47. The first-order chi connectivity index (χ1) is 17.5. The molecule has 3 N–H and O–H groups in total. The van der Waals surface area contributed by atoms with Gasteiger partial charge in [0, 0.05) is 76.5 Å². The average Bonchev–Trinajstić information content (AvgIpc) is 3.16. The lowest BCUT2D eigenvalue weighted by atomic mass is 9.83. The van der Waals surface area contributed by atoms with Crippen LogP contribution in [0, 0.1) is 5.82 Å². The fourth-order valence-electron chi connectivity index (χ4n) is 5.97. The number of anilines is 3. The summed E-state index contributed by atoms with van der Waals surface area (Å²) in [6.45, 7) is 5.44. The fraction of sp³-hybridized carbons (Fsp3) is 0.560. The SMILES string of the molecule is O=C1OC2(CCN(c3nc4c(c(=O)[nH]3)CCCN4)CC2)c2c(F)cc(N3CCN(CCO)CC3)cc21. The van der Waals surface area contributed by atoms with Gasteiger partial charge in [-0.2, -0.15) is 4.98 Å². The number of fused-ring (bicyclic) bond motifs is 3. The van der Waals surface area contributed by atoms with E-state index in [1.165, 1.54) is 6.07 Å². The van der Waals surface area contributed by atoms with E-state index in [9.17, 15) is 9.59 Å². The number of hydrogen-bond donors (Lipinski definition) is 3. The van der Waals surface area contributed by atoms with Crippen molar-refractivity contribution in [1.82, 2.24) is 14.9 Å². The molecule has 1 spiro atoms. The monoisotopic (exact) mass is 498 g/mol. The molecular formula is C25H31FN6O4. The van der Waals surface area contributed by atoms with Crippen LogP contribution in [-0.4, -0.2) is 84.9 Å². The lowest BCUT2D eigenvalue weighted by molar-refractivity contribution is -0.0225. The lowest BCUT2D eigenvalue weighted by Crippen LogP contribution is -2.47. The first-order valence-corrected chi connectivity index (χ1v) is 12.7. The van der Waals surface area contributed by atoms with E-state index in [1.54, 1.807) is 6.07 Å². The Kier molecular flexibility index (Phi) is 5.83. The Bertz CT molecular complexity index is 1230. The minimum atomic E-state index is -1.00. The number of piperidine rings is 1. The second kappa shape index (κ2) is 9.04. The number of esters is 1. The standard InChI is InChI=1S/C25H31FN6O4/c26-19-15-16(31-10-8-30(9-11-31)12-13-33)14-18-20(19)25(36-23(18)35)3-6-32(7-4-25)24-28-21-17(22(34)29-24)2-1-5-27-21/h14-15,33H,1-13H2,(H2,27,28,29,34). The van der Waals surface area contributed by atoms with Crippen molar-refractivity contribution in [1.29, 1.82) is 0 Å². The van der Waals surface area contributed by atoms with Gasteiger partial charge in [-0.15, -0.1) is 0 Å². The first-order valence-electron chi connectivity index (χ1n) is 12.7. The summed E-state index contributed by atoms with van der Waals surface area (Å²) in [4.78, 5) is 39.2. The minimum absolute atomic E-state index is 0.119. The number of ether oxygens (including phenoxy) is 1. The van der Waals surface area contributed by atoms with Gasteiger partial charge in [-0.25, -0.2) is 9.18 Å². The van der Waals surface area contributed by atoms with E-state index in [4.69, 9.17) is 9.84 Å². The van der Waals surface area contributed by atoms with E-state index in [-0.39, 0.29) is 12.2 Å². The van der Waals surface area contributed by atoms with Crippen LogP contribution in [0.3, 0.4) is 0 Å². The summed E-state index contributed by atoms with van der Waals surface area (Å²) in [7, 11) is 0. The van der Waals surface area contributed by atoms with E-state index >= 15 is 4.39 Å². The molecular weight excluding hydrogens is 467 g/mol. The molecule has 0 saturated carbocycles. The Morgan fingerprint density at radius 3 is 2.61 bits per heavy atom. The molecule has 2 saturated heterocycles. The van der Waals surface area contributed by atoms with Gasteiger partial charge in [-0.1, -0.05) is 0 Å². The number of aliphatic hydroxyl groups is 1. The lowest BCUT2D eigenvalue weighted by Gasteiger charge is -2.39. The third-order valence-electron chi connectivity index (χ3n) is 7.96. The van der Waals surface area contributed by atoms with Gasteiger partial charge in [0.25, 0.3) is 5.56 Å². The van der Waals surface area contributed by atoms with Crippen molar-refractivity contribution in [2.75, 3.05) is 74.1 Å².